The molecule has 12 heteroatoms. The molecule has 0 heterocycles. The van der Waals surface area contributed by atoms with Crippen LogP contribution < -0.4 is 10.8 Å². The molecule has 0 saturated heterocycles. The van der Waals surface area contributed by atoms with Crippen molar-refractivity contribution in [1.82, 2.24) is 10.8 Å². The van der Waals surface area contributed by atoms with Gasteiger partial charge in [0.1, 0.15) is 6.04 Å². The number of amides is 2. The number of hydrogen-bond acceptors (Lipinski definition) is 8. The zero-order chi connectivity index (χ0) is 19.1. The van der Waals surface area contributed by atoms with Gasteiger partial charge >= 0.3 is 0 Å². The molecule has 2 atom stereocenters. The third kappa shape index (κ3) is 5.47. The summed E-state index contributed by atoms with van der Waals surface area (Å²) in [7, 11) is 0. The number of nitrogens with one attached hydrogen (secondary N) is 2. The molecule has 0 unspecified atom stereocenters. The molecule has 136 valence electrons. The van der Waals surface area contributed by atoms with Crippen molar-refractivity contribution >= 4 is 23.2 Å². The first-order chi connectivity index (χ1) is 11.7. The second-order valence-electron chi connectivity index (χ2n) is 4.84. The van der Waals surface area contributed by atoms with Crippen molar-refractivity contribution in [2.24, 2.45) is 0 Å². The lowest BCUT2D eigenvalue weighted by Crippen LogP contribution is -2.52. The number of nitrogens with zero attached hydrogens (tertiary/aromatic N) is 2. The van der Waals surface area contributed by atoms with Crippen molar-refractivity contribution in [3.63, 3.8) is 0 Å². The molecule has 0 aliphatic carbocycles. The highest BCUT2D eigenvalue weighted by Gasteiger charge is 2.28. The molecule has 0 aliphatic heterocycles. The third-order valence-electron chi connectivity index (χ3n) is 2.95. The van der Waals surface area contributed by atoms with Crippen LogP contribution in [-0.2, 0) is 9.63 Å². The molecule has 0 radical (unpaired) electrons. The van der Waals surface area contributed by atoms with Crippen LogP contribution in [0.4, 0.5) is 11.4 Å². The summed E-state index contributed by atoms with van der Waals surface area (Å²) in [6.45, 7) is 2.97. The fourth-order valence-electron chi connectivity index (χ4n) is 1.77. The van der Waals surface area contributed by atoms with Crippen LogP contribution >= 0.6 is 0 Å². The van der Waals surface area contributed by atoms with Gasteiger partial charge < -0.3 is 10.4 Å². The summed E-state index contributed by atoms with van der Waals surface area (Å²) in [6.07, 6.45) is -1.32. The highest BCUT2D eigenvalue weighted by Crippen LogP contribution is 2.22. The van der Waals surface area contributed by atoms with Crippen LogP contribution in [0.1, 0.15) is 24.2 Å². The van der Waals surface area contributed by atoms with E-state index in [0.29, 0.717) is 6.07 Å². The molecule has 1 aromatic carbocycles. The van der Waals surface area contributed by atoms with Gasteiger partial charge in [-0.1, -0.05) is 0 Å². The third-order valence-corrected chi connectivity index (χ3v) is 2.95. The van der Waals surface area contributed by atoms with Crippen LogP contribution in [0.2, 0.25) is 0 Å². The van der Waals surface area contributed by atoms with E-state index >= 15 is 0 Å². The van der Waals surface area contributed by atoms with Gasteiger partial charge in [0.15, 0.2) is 0 Å². The number of hydroxylamine groups is 1. The molecule has 0 aliphatic rings. The maximum atomic E-state index is 12.2. The highest BCUT2D eigenvalue weighted by molar-refractivity contribution is 5.98. The Hall–Kier alpha value is -3.12. The number of carbonyl (C=O) groups excluding carboxylic acids is 2. The lowest BCUT2D eigenvalue weighted by Gasteiger charge is -2.20. The largest absolute Gasteiger partial charge is 0.391 e. The van der Waals surface area contributed by atoms with Crippen LogP contribution in [0.5, 0.6) is 0 Å². The topological polar surface area (TPSA) is 174 Å². The van der Waals surface area contributed by atoms with Gasteiger partial charge in [0, 0.05) is 12.1 Å². The predicted molar refractivity (Wildman–Crippen MR) is 82.5 cm³/mol. The highest BCUT2D eigenvalue weighted by atomic mass is 16.7. The van der Waals surface area contributed by atoms with Crippen molar-refractivity contribution in [3.05, 3.63) is 44.0 Å². The molecular formula is C13H16N4O8. The first-order valence-electron chi connectivity index (χ1n) is 7.01. The molecule has 0 spiro atoms. The molecule has 12 nitrogen and oxygen atoms in total. The predicted octanol–water partition coefficient (Wildman–Crippen LogP) is 0.0499. The normalized spacial score (nSPS) is 12.8. The van der Waals surface area contributed by atoms with Gasteiger partial charge in [0.2, 0.25) is 0 Å². The Labute approximate surface area is 141 Å². The quantitative estimate of drug-likeness (QED) is 0.432. The maximum absolute atomic E-state index is 12.2. The monoisotopic (exact) mass is 356 g/mol. The second-order valence-corrected chi connectivity index (χ2v) is 4.84. The van der Waals surface area contributed by atoms with E-state index in [4.69, 9.17) is 0 Å². The summed E-state index contributed by atoms with van der Waals surface area (Å²) in [6, 6.07) is 0.909. The zero-order valence-corrected chi connectivity index (χ0v) is 13.3. The van der Waals surface area contributed by atoms with Crippen molar-refractivity contribution in [2.45, 2.75) is 26.0 Å². The van der Waals surface area contributed by atoms with Gasteiger partial charge in [0.05, 0.1) is 34.2 Å². The molecule has 3 N–H and O–H groups in total. The minimum Gasteiger partial charge on any atom is -0.391 e. The van der Waals surface area contributed by atoms with Gasteiger partial charge in [-0.25, -0.2) is 5.48 Å². The van der Waals surface area contributed by atoms with E-state index < -0.39 is 50.7 Å². The smallest absolute Gasteiger partial charge is 0.277 e. The summed E-state index contributed by atoms with van der Waals surface area (Å²) in [4.78, 5) is 48.6. The summed E-state index contributed by atoms with van der Waals surface area (Å²) >= 11 is 0. The Morgan fingerprint density at radius 1 is 1.20 bits per heavy atom. The molecular weight excluding hydrogens is 340 g/mol. The minimum absolute atomic E-state index is 0.142. The van der Waals surface area contributed by atoms with Crippen molar-refractivity contribution in [2.75, 3.05) is 6.61 Å². The van der Waals surface area contributed by atoms with Gasteiger partial charge in [-0.3, -0.25) is 34.7 Å². The average molecular weight is 356 g/mol. The second kappa shape index (κ2) is 8.65. The number of benzene rings is 1. The maximum Gasteiger partial charge on any atom is 0.277 e. The molecule has 25 heavy (non-hydrogen) atoms. The zero-order valence-electron chi connectivity index (χ0n) is 13.3. The molecule has 0 bridgehead atoms. The van der Waals surface area contributed by atoms with E-state index in [1.807, 2.05) is 5.48 Å². The fraction of sp³-hybridized carbons (Fsp3) is 0.385. The Kier molecular flexibility index (Phi) is 6.90. The number of non-ortho nitro benzene ring substituents is 2. The summed E-state index contributed by atoms with van der Waals surface area (Å²) in [5.74, 6) is -1.87. The lowest BCUT2D eigenvalue weighted by molar-refractivity contribution is -0.394. The fourth-order valence-corrected chi connectivity index (χ4v) is 1.77. The van der Waals surface area contributed by atoms with E-state index in [-0.39, 0.29) is 6.61 Å². The Morgan fingerprint density at radius 2 is 1.72 bits per heavy atom. The first kappa shape index (κ1) is 19.9. The van der Waals surface area contributed by atoms with Crippen molar-refractivity contribution in [3.8, 4) is 0 Å². The molecule has 1 rings (SSSR count). The molecule has 0 aromatic heterocycles. The SMILES string of the molecule is CCONC(=O)[C@@H](NC(=O)c1cc([N+](=O)[O-])cc([N+](=O)[O-])c1)[C@@H](C)O. The number of carbonyl (C=O) groups is 2. The van der Waals surface area contributed by atoms with E-state index in [2.05, 4.69) is 10.2 Å². The number of aliphatic hydroxyl groups excluding tert-OH is 1. The van der Waals surface area contributed by atoms with Crippen LogP contribution in [-0.4, -0.2) is 45.5 Å². The lowest BCUT2D eigenvalue weighted by atomic mass is 10.1. The van der Waals surface area contributed by atoms with Crippen molar-refractivity contribution in [1.29, 1.82) is 0 Å². The van der Waals surface area contributed by atoms with Crippen LogP contribution in [0.25, 0.3) is 0 Å². The van der Waals surface area contributed by atoms with E-state index in [0.717, 1.165) is 12.1 Å². The van der Waals surface area contributed by atoms with Gasteiger partial charge in [-0.15, -0.1) is 0 Å². The summed E-state index contributed by atoms with van der Waals surface area (Å²) in [5, 5.41) is 33.4. The van der Waals surface area contributed by atoms with E-state index in [1.54, 1.807) is 6.92 Å². The van der Waals surface area contributed by atoms with E-state index in [1.165, 1.54) is 6.92 Å². The first-order valence-corrected chi connectivity index (χ1v) is 7.01. The van der Waals surface area contributed by atoms with Crippen molar-refractivity contribution < 1.29 is 29.4 Å². The van der Waals surface area contributed by atoms with Gasteiger partial charge in [0.25, 0.3) is 23.2 Å². The molecule has 0 fully saturated rings. The Balaban J connectivity index is 3.10. The summed E-state index contributed by atoms with van der Waals surface area (Å²) in [5.41, 5.74) is 0.272. The number of hydrogen-bond donors (Lipinski definition) is 3. The number of nitro groups is 2. The van der Waals surface area contributed by atoms with Crippen LogP contribution in [0.3, 0.4) is 0 Å². The standard InChI is InChI=1S/C13H16N4O8/c1-3-25-15-13(20)11(7(2)18)14-12(19)8-4-9(16(21)22)6-10(5-8)17(23)24/h4-7,11,18H,3H2,1-2H3,(H,14,19)(H,15,20)/t7-,11+/m1/s1. The average Bonchev–Trinajstić information content (AvgIpc) is 2.56. The molecule has 1 aromatic rings. The van der Waals surface area contributed by atoms with Crippen LogP contribution in [0, 0.1) is 20.2 Å². The number of rotatable bonds is 8. The van der Waals surface area contributed by atoms with E-state index in [9.17, 15) is 34.9 Å². The Morgan fingerprint density at radius 3 is 2.12 bits per heavy atom. The number of nitro benzene ring substituents is 2. The number of aliphatic hydroxyl groups is 1. The molecule has 0 saturated carbocycles. The van der Waals surface area contributed by atoms with Gasteiger partial charge in [-0.2, -0.15) is 0 Å². The van der Waals surface area contributed by atoms with Crippen LogP contribution in [0.15, 0.2) is 18.2 Å². The molecule has 2 amide bonds. The van der Waals surface area contributed by atoms with Gasteiger partial charge in [-0.05, 0) is 13.8 Å². The summed E-state index contributed by atoms with van der Waals surface area (Å²) < 4.78 is 0. The minimum atomic E-state index is -1.43. The Bertz CT molecular complexity index is 658.